The fourth-order valence-corrected chi connectivity index (χ4v) is 2.53. The van der Waals surface area contributed by atoms with E-state index in [1.54, 1.807) is 27.9 Å². The molecule has 0 aliphatic rings. The molecule has 0 spiro atoms. The van der Waals surface area contributed by atoms with Gasteiger partial charge in [0.15, 0.2) is 0 Å². The highest BCUT2D eigenvalue weighted by Crippen LogP contribution is 2.20. The van der Waals surface area contributed by atoms with E-state index in [-0.39, 0.29) is 12.5 Å². The van der Waals surface area contributed by atoms with Crippen molar-refractivity contribution in [3.63, 3.8) is 0 Å². The Morgan fingerprint density at radius 3 is 2.67 bits per heavy atom. The molecule has 1 unspecified atom stereocenters. The van der Waals surface area contributed by atoms with Gasteiger partial charge in [0.1, 0.15) is 10.9 Å². The molecule has 118 valence electrons. The number of aryl methyl sites for hydroxylation is 2. The fraction of sp³-hybridized carbons (Fsp3) is 0.643. The van der Waals surface area contributed by atoms with Crippen LogP contribution in [0.4, 0.5) is 0 Å². The number of aromatic nitrogens is 2. The van der Waals surface area contributed by atoms with Crippen LogP contribution in [0.5, 0.6) is 0 Å². The van der Waals surface area contributed by atoms with Crippen LogP contribution in [0.2, 0.25) is 0 Å². The first-order valence-electron chi connectivity index (χ1n) is 6.69. The third-order valence-corrected chi connectivity index (χ3v) is 3.75. The number of methoxy groups -OCH3 is 1. The predicted octanol–water partition coefficient (Wildman–Crippen LogP) is 1.33. The zero-order valence-electron chi connectivity index (χ0n) is 13.2. The Morgan fingerprint density at radius 1 is 1.43 bits per heavy atom. The molecule has 0 saturated carbocycles. The van der Waals surface area contributed by atoms with E-state index in [1.165, 1.54) is 11.8 Å². The number of carbonyl (C=O) groups is 1. The number of hydrogen-bond acceptors (Lipinski definition) is 6. The van der Waals surface area contributed by atoms with E-state index >= 15 is 0 Å². The molecule has 1 heterocycles. The van der Waals surface area contributed by atoms with Crippen molar-refractivity contribution < 1.29 is 14.6 Å². The quantitative estimate of drug-likeness (QED) is 0.583. The Bertz CT molecular complexity index is 506. The van der Waals surface area contributed by atoms with E-state index in [1.807, 2.05) is 6.26 Å². The van der Waals surface area contributed by atoms with Crippen LogP contribution in [-0.4, -0.2) is 53.1 Å². The van der Waals surface area contributed by atoms with Crippen LogP contribution < -0.4 is 5.32 Å². The highest BCUT2D eigenvalue weighted by Gasteiger charge is 2.23. The first-order valence-corrected chi connectivity index (χ1v) is 7.92. The van der Waals surface area contributed by atoms with E-state index in [0.29, 0.717) is 35.1 Å². The molecule has 0 aliphatic heterocycles. The number of amides is 1. The minimum atomic E-state index is -1.01. The number of carbonyl (C=O) groups excluding carboxylic acids is 1. The van der Waals surface area contributed by atoms with Crippen molar-refractivity contribution in [2.75, 3.05) is 26.5 Å². The normalized spacial score (nSPS) is 13.8. The van der Waals surface area contributed by atoms with Crippen molar-refractivity contribution in [2.45, 2.75) is 37.8 Å². The number of nitrogens with one attached hydrogen (secondary N) is 1. The maximum atomic E-state index is 12.3. The molecule has 1 aromatic rings. The largest absolute Gasteiger partial charge is 0.388 e. The molecule has 0 aliphatic carbocycles. The predicted molar refractivity (Wildman–Crippen MR) is 82.7 cm³/mol. The number of rotatable bonds is 7. The third kappa shape index (κ3) is 5.26. The van der Waals surface area contributed by atoms with E-state index in [4.69, 9.17) is 4.74 Å². The molecule has 1 amide bonds. The lowest BCUT2D eigenvalue weighted by Gasteiger charge is -2.23. The van der Waals surface area contributed by atoms with Crippen LogP contribution in [0.1, 0.15) is 35.2 Å². The van der Waals surface area contributed by atoms with Gasteiger partial charge < -0.3 is 15.2 Å². The molecule has 0 aromatic carbocycles. The van der Waals surface area contributed by atoms with Crippen LogP contribution in [0, 0.1) is 13.8 Å². The van der Waals surface area contributed by atoms with E-state index in [2.05, 4.69) is 15.3 Å². The van der Waals surface area contributed by atoms with Gasteiger partial charge >= 0.3 is 0 Å². The molecule has 21 heavy (non-hydrogen) atoms. The first kappa shape index (κ1) is 17.9. The van der Waals surface area contributed by atoms with Crippen molar-refractivity contribution in [2.24, 2.45) is 0 Å². The van der Waals surface area contributed by atoms with Crippen molar-refractivity contribution in [1.29, 1.82) is 0 Å². The van der Waals surface area contributed by atoms with Crippen LogP contribution in [0.15, 0.2) is 5.03 Å². The van der Waals surface area contributed by atoms with Crippen molar-refractivity contribution >= 4 is 17.7 Å². The van der Waals surface area contributed by atoms with Gasteiger partial charge in [0.2, 0.25) is 0 Å². The zero-order valence-corrected chi connectivity index (χ0v) is 14.0. The van der Waals surface area contributed by atoms with Gasteiger partial charge in [0, 0.05) is 26.7 Å². The number of aliphatic hydroxyl groups is 1. The molecule has 1 atom stereocenters. The van der Waals surface area contributed by atoms with Gasteiger partial charge in [-0.2, -0.15) is 0 Å². The monoisotopic (exact) mass is 313 g/mol. The zero-order chi connectivity index (χ0) is 16.0. The molecule has 0 bridgehead atoms. The summed E-state index contributed by atoms with van der Waals surface area (Å²) < 4.78 is 4.94. The van der Waals surface area contributed by atoms with Crippen LogP contribution in [-0.2, 0) is 4.74 Å². The van der Waals surface area contributed by atoms with Gasteiger partial charge in [-0.15, -0.1) is 11.8 Å². The van der Waals surface area contributed by atoms with Crippen molar-refractivity contribution in [3.8, 4) is 0 Å². The molecular formula is C14H23N3O3S. The Balaban J connectivity index is 2.81. The van der Waals surface area contributed by atoms with Gasteiger partial charge in [-0.1, -0.05) is 0 Å². The lowest BCUT2D eigenvalue weighted by Crippen LogP contribution is -2.41. The summed E-state index contributed by atoms with van der Waals surface area (Å²) >= 11 is 1.40. The average molecular weight is 313 g/mol. The Kier molecular flexibility index (Phi) is 6.57. The molecule has 0 radical (unpaired) electrons. The second kappa shape index (κ2) is 7.72. The van der Waals surface area contributed by atoms with Crippen LogP contribution in [0.25, 0.3) is 0 Å². The van der Waals surface area contributed by atoms with Gasteiger partial charge in [-0.25, -0.2) is 9.97 Å². The van der Waals surface area contributed by atoms with Gasteiger partial charge in [-0.3, -0.25) is 4.79 Å². The summed E-state index contributed by atoms with van der Waals surface area (Å²) in [5, 5.41) is 13.5. The topological polar surface area (TPSA) is 84.3 Å². The van der Waals surface area contributed by atoms with Crippen LogP contribution in [0.3, 0.4) is 0 Å². The molecular weight excluding hydrogens is 290 g/mol. The highest BCUT2D eigenvalue weighted by molar-refractivity contribution is 7.98. The Labute approximate surface area is 129 Å². The lowest BCUT2D eigenvalue weighted by atomic mass is 10.0. The Hall–Kier alpha value is -1.18. The first-order chi connectivity index (χ1) is 9.80. The maximum Gasteiger partial charge on any atom is 0.255 e. The number of ether oxygens (including phenoxy) is 1. The second-order valence-electron chi connectivity index (χ2n) is 5.16. The smallest absolute Gasteiger partial charge is 0.255 e. The second-order valence-corrected chi connectivity index (χ2v) is 5.96. The summed E-state index contributed by atoms with van der Waals surface area (Å²) in [5.41, 5.74) is 0.0986. The molecule has 0 saturated heterocycles. The minimum absolute atomic E-state index is 0.149. The third-order valence-electron chi connectivity index (χ3n) is 3.06. The van der Waals surface area contributed by atoms with Crippen molar-refractivity contribution in [3.05, 3.63) is 17.1 Å². The van der Waals surface area contributed by atoms with E-state index in [9.17, 15) is 9.90 Å². The highest BCUT2D eigenvalue weighted by atomic mass is 32.2. The molecule has 7 heteroatoms. The minimum Gasteiger partial charge on any atom is -0.388 e. The molecule has 1 aromatic heterocycles. The summed E-state index contributed by atoms with van der Waals surface area (Å²) in [6.45, 7) is 5.83. The molecule has 0 fully saturated rings. The van der Waals surface area contributed by atoms with Crippen LogP contribution >= 0.6 is 11.8 Å². The summed E-state index contributed by atoms with van der Waals surface area (Å²) in [4.78, 5) is 20.8. The molecule has 2 N–H and O–H groups in total. The fourth-order valence-electron chi connectivity index (χ4n) is 1.86. The van der Waals surface area contributed by atoms with E-state index < -0.39 is 5.60 Å². The van der Waals surface area contributed by atoms with Gasteiger partial charge in [-0.05, 0) is 27.0 Å². The number of nitrogens with zero attached hydrogens (tertiary/aromatic N) is 2. The summed E-state index contributed by atoms with van der Waals surface area (Å²) in [6.07, 6.45) is 2.31. The summed E-state index contributed by atoms with van der Waals surface area (Å²) in [5.74, 6) is 0.370. The maximum absolute atomic E-state index is 12.3. The van der Waals surface area contributed by atoms with Gasteiger partial charge in [0.25, 0.3) is 5.91 Å². The summed E-state index contributed by atoms with van der Waals surface area (Å²) in [6, 6.07) is 0. The molecule has 1 rings (SSSR count). The molecule has 6 nitrogen and oxygen atoms in total. The average Bonchev–Trinajstić information content (AvgIpc) is 2.42. The number of thioether (sulfide) groups is 1. The van der Waals surface area contributed by atoms with Gasteiger partial charge in [0.05, 0.1) is 16.9 Å². The van der Waals surface area contributed by atoms with Crippen molar-refractivity contribution in [1.82, 2.24) is 15.3 Å². The lowest BCUT2D eigenvalue weighted by molar-refractivity contribution is 0.0243. The SMILES string of the molecule is COCCC(C)(O)CNC(=O)c1c(C)nc(C)nc1SC. The Morgan fingerprint density at radius 2 is 2.10 bits per heavy atom. The standard InChI is InChI=1S/C14H23N3O3S/c1-9-11(13(21-5)17-10(2)16-9)12(18)15-8-14(3,19)6-7-20-4/h19H,6-8H2,1-5H3,(H,15,18). The number of hydrogen-bond donors (Lipinski definition) is 2. The summed E-state index contributed by atoms with van der Waals surface area (Å²) in [7, 11) is 1.58. The van der Waals surface area contributed by atoms with E-state index in [0.717, 1.165) is 0 Å².